The van der Waals surface area contributed by atoms with Crippen molar-refractivity contribution >= 4 is 58.4 Å². The molecular formula is C23H13Cl3N2O5. The number of ether oxygens (including phenoxy) is 2. The summed E-state index contributed by atoms with van der Waals surface area (Å²) >= 11 is 18.1. The van der Waals surface area contributed by atoms with Gasteiger partial charge in [-0.3, -0.25) is 10.1 Å². The van der Waals surface area contributed by atoms with E-state index in [0.717, 1.165) is 5.56 Å². The van der Waals surface area contributed by atoms with E-state index in [4.69, 9.17) is 44.3 Å². The van der Waals surface area contributed by atoms with E-state index < -0.39 is 10.9 Å². The number of non-ortho nitro benzene ring substituents is 1. The van der Waals surface area contributed by atoms with Crippen LogP contribution in [0.1, 0.15) is 16.7 Å². The van der Waals surface area contributed by atoms with Crippen LogP contribution >= 0.6 is 34.8 Å². The maximum Gasteiger partial charge on any atom is 0.363 e. The second kappa shape index (κ2) is 9.62. The van der Waals surface area contributed by atoms with Crippen molar-refractivity contribution in [2.75, 3.05) is 0 Å². The molecule has 0 aromatic heterocycles. The molecule has 4 rings (SSSR count). The zero-order valence-corrected chi connectivity index (χ0v) is 18.9. The average molecular weight is 504 g/mol. The molecule has 0 amide bonds. The summed E-state index contributed by atoms with van der Waals surface area (Å²) < 4.78 is 11.0. The lowest BCUT2D eigenvalue weighted by Crippen LogP contribution is -2.06. The third kappa shape index (κ3) is 5.34. The van der Waals surface area contributed by atoms with Crippen LogP contribution in [0.4, 0.5) is 5.69 Å². The fraction of sp³-hybridized carbons (Fsp3) is 0.0435. The van der Waals surface area contributed by atoms with Gasteiger partial charge >= 0.3 is 5.97 Å². The van der Waals surface area contributed by atoms with E-state index in [0.29, 0.717) is 21.4 Å². The van der Waals surface area contributed by atoms with Crippen molar-refractivity contribution in [3.8, 4) is 5.75 Å². The van der Waals surface area contributed by atoms with Gasteiger partial charge in [0.2, 0.25) is 5.90 Å². The molecule has 1 heterocycles. The first-order valence-electron chi connectivity index (χ1n) is 9.44. The number of rotatable bonds is 6. The second-order valence-corrected chi connectivity index (χ2v) is 8.09. The van der Waals surface area contributed by atoms with Crippen LogP contribution in [0.3, 0.4) is 0 Å². The molecule has 0 radical (unpaired) electrons. The van der Waals surface area contributed by atoms with Crippen molar-refractivity contribution in [3.63, 3.8) is 0 Å². The average Bonchev–Trinajstić information content (AvgIpc) is 3.15. The number of nitrogens with zero attached hydrogens (tertiary/aromatic N) is 2. The number of benzene rings is 3. The minimum absolute atomic E-state index is 0.0224. The van der Waals surface area contributed by atoms with E-state index >= 15 is 0 Å². The number of carbonyl (C=O) groups excluding carboxylic acids is 1. The summed E-state index contributed by atoms with van der Waals surface area (Å²) in [7, 11) is 0. The number of hydrogen-bond acceptors (Lipinski definition) is 6. The lowest BCUT2D eigenvalue weighted by molar-refractivity contribution is -0.384. The molecule has 166 valence electrons. The van der Waals surface area contributed by atoms with Crippen LogP contribution in [0.15, 0.2) is 71.4 Å². The lowest BCUT2D eigenvalue weighted by atomic mass is 10.2. The van der Waals surface area contributed by atoms with Gasteiger partial charge in [-0.05, 0) is 47.5 Å². The SMILES string of the molecule is O=C1OC(c2cc([N+](=O)[O-])ccc2Cl)=N/C1=C\c1cccc(OCc2ccc(Cl)c(Cl)c2)c1. The van der Waals surface area contributed by atoms with Crippen LogP contribution in [0, 0.1) is 10.1 Å². The summed E-state index contributed by atoms with van der Waals surface area (Å²) in [6, 6.07) is 16.1. The van der Waals surface area contributed by atoms with Crippen LogP contribution < -0.4 is 4.74 Å². The summed E-state index contributed by atoms with van der Waals surface area (Å²) in [5.74, 6) is -0.241. The Hall–Kier alpha value is -3.39. The third-order valence-electron chi connectivity index (χ3n) is 4.56. The monoisotopic (exact) mass is 502 g/mol. The number of aliphatic imine (C=N–C) groups is 1. The van der Waals surface area contributed by atoms with Gasteiger partial charge in [-0.1, -0.05) is 53.0 Å². The quantitative estimate of drug-likeness (QED) is 0.166. The largest absolute Gasteiger partial charge is 0.489 e. The van der Waals surface area contributed by atoms with Gasteiger partial charge in [0.05, 0.1) is 25.6 Å². The van der Waals surface area contributed by atoms with Crippen LogP contribution in [-0.4, -0.2) is 16.8 Å². The molecule has 0 atom stereocenters. The molecule has 0 bridgehead atoms. The molecule has 0 unspecified atom stereocenters. The van der Waals surface area contributed by atoms with Crippen LogP contribution in [0.2, 0.25) is 15.1 Å². The molecule has 0 saturated heterocycles. The smallest absolute Gasteiger partial charge is 0.363 e. The fourth-order valence-corrected chi connectivity index (χ4v) is 3.48. The van der Waals surface area contributed by atoms with E-state index in [1.54, 1.807) is 36.4 Å². The van der Waals surface area contributed by atoms with Crippen molar-refractivity contribution in [2.45, 2.75) is 6.61 Å². The molecule has 1 aliphatic heterocycles. The number of nitro groups is 1. The first-order chi connectivity index (χ1) is 15.8. The van der Waals surface area contributed by atoms with Crippen molar-refractivity contribution < 1.29 is 19.2 Å². The highest BCUT2D eigenvalue weighted by atomic mass is 35.5. The Bertz CT molecular complexity index is 1340. The van der Waals surface area contributed by atoms with Crippen molar-refractivity contribution in [2.24, 2.45) is 4.99 Å². The van der Waals surface area contributed by atoms with Crippen LogP contribution in [0.25, 0.3) is 6.08 Å². The number of nitro benzene ring substituents is 1. The number of cyclic esters (lactones) is 1. The Kier molecular flexibility index (Phi) is 6.65. The molecule has 3 aromatic rings. The Labute approximate surface area is 203 Å². The molecule has 7 nitrogen and oxygen atoms in total. The van der Waals surface area contributed by atoms with Gasteiger partial charge in [0.25, 0.3) is 5.69 Å². The molecule has 10 heteroatoms. The highest BCUT2D eigenvalue weighted by Crippen LogP contribution is 2.28. The van der Waals surface area contributed by atoms with Crippen molar-refractivity contribution in [3.05, 3.63) is 108 Å². The lowest BCUT2D eigenvalue weighted by Gasteiger charge is -2.08. The standard InChI is InChI=1S/C23H13Cl3N2O5/c24-18-7-5-15(28(30)31)11-17(18)22-27-21(23(29)33-22)10-13-2-1-3-16(8-13)32-12-14-4-6-19(25)20(26)9-14/h1-11H,12H2/b21-10-. The third-order valence-corrected chi connectivity index (χ3v) is 5.63. The van der Waals surface area contributed by atoms with E-state index in [1.165, 1.54) is 24.3 Å². The minimum atomic E-state index is -0.699. The molecule has 0 N–H and O–H groups in total. The fourth-order valence-electron chi connectivity index (χ4n) is 2.96. The van der Waals surface area contributed by atoms with E-state index in [-0.39, 0.29) is 34.5 Å². The summed E-state index contributed by atoms with van der Waals surface area (Å²) in [4.78, 5) is 26.9. The molecule has 0 spiro atoms. The van der Waals surface area contributed by atoms with Crippen LogP contribution in [-0.2, 0) is 16.1 Å². The maximum absolute atomic E-state index is 12.3. The van der Waals surface area contributed by atoms with E-state index in [2.05, 4.69) is 4.99 Å². The predicted octanol–water partition coefficient (Wildman–Crippen LogP) is 6.48. The Balaban J connectivity index is 1.55. The van der Waals surface area contributed by atoms with Crippen LogP contribution in [0.5, 0.6) is 5.75 Å². The molecule has 1 aliphatic rings. The number of hydrogen-bond donors (Lipinski definition) is 0. The zero-order chi connectivity index (χ0) is 23.5. The number of halogens is 3. The molecule has 3 aromatic carbocycles. The van der Waals surface area contributed by atoms with Gasteiger partial charge in [-0.25, -0.2) is 9.79 Å². The Morgan fingerprint density at radius 2 is 1.79 bits per heavy atom. The molecule has 0 fully saturated rings. The van der Waals surface area contributed by atoms with Gasteiger partial charge in [-0.15, -0.1) is 0 Å². The highest BCUT2D eigenvalue weighted by Gasteiger charge is 2.27. The normalized spacial score (nSPS) is 14.2. The Morgan fingerprint density at radius 1 is 1.00 bits per heavy atom. The first-order valence-corrected chi connectivity index (χ1v) is 10.6. The molecular weight excluding hydrogens is 491 g/mol. The van der Waals surface area contributed by atoms with Crippen molar-refractivity contribution in [1.29, 1.82) is 0 Å². The summed E-state index contributed by atoms with van der Waals surface area (Å²) in [6.45, 7) is 0.270. The van der Waals surface area contributed by atoms with Gasteiger partial charge in [0.1, 0.15) is 12.4 Å². The molecule has 0 aliphatic carbocycles. The highest BCUT2D eigenvalue weighted by molar-refractivity contribution is 6.42. The second-order valence-electron chi connectivity index (χ2n) is 6.87. The minimum Gasteiger partial charge on any atom is -0.489 e. The van der Waals surface area contributed by atoms with Gasteiger partial charge in [-0.2, -0.15) is 0 Å². The maximum atomic E-state index is 12.3. The van der Waals surface area contributed by atoms with E-state index in [1.807, 2.05) is 6.07 Å². The zero-order valence-electron chi connectivity index (χ0n) is 16.6. The van der Waals surface area contributed by atoms with Gasteiger partial charge in [0, 0.05) is 12.1 Å². The summed E-state index contributed by atoms with van der Waals surface area (Å²) in [5.41, 5.74) is 1.47. The number of carbonyl (C=O) groups is 1. The van der Waals surface area contributed by atoms with Gasteiger partial charge in [0.15, 0.2) is 5.70 Å². The molecule has 0 saturated carbocycles. The van der Waals surface area contributed by atoms with E-state index in [9.17, 15) is 14.9 Å². The first kappa shape index (κ1) is 22.8. The van der Waals surface area contributed by atoms with Crippen molar-refractivity contribution in [1.82, 2.24) is 0 Å². The number of esters is 1. The molecule has 33 heavy (non-hydrogen) atoms. The van der Waals surface area contributed by atoms with Gasteiger partial charge < -0.3 is 9.47 Å². The predicted molar refractivity (Wildman–Crippen MR) is 126 cm³/mol. The Morgan fingerprint density at radius 3 is 2.55 bits per heavy atom. The summed E-state index contributed by atoms with van der Waals surface area (Å²) in [6.07, 6.45) is 1.52. The summed E-state index contributed by atoms with van der Waals surface area (Å²) in [5, 5.41) is 12.1. The topological polar surface area (TPSA) is 91.0 Å².